The number of aryl methyl sites for hydroxylation is 1. The predicted octanol–water partition coefficient (Wildman–Crippen LogP) is 3.02. The smallest absolute Gasteiger partial charge is 0.267 e. The average molecular weight is 311 g/mol. The molecule has 0 radical (unpaired) electrons. The Bertz CT molecular complexity index is 647. The number of hydrogen-bond donors (Lipinski definition) is 1. The minimum Gasteiger partial charge on any atom is -0.495 e. The summed E-state index contributed by atoms with van der Waals surface area (Å²) >= 11 is 0. The predicted molar refractivity (Wildman–Crippen MR) is 92.0 cm³/mol. The molecule has 23 heavy (non-hydrogen) atoms. The summed E-state index contributed by atoms with van der Waals surface area (Å²) in [6, 6.07) is 7.35. The molecule has 0 atom stereocenters. The lowest BCUT2D eigenvalue weighted by Crippen LogP contribution is -2.21. The van der Waals surface area contributed by atoms with Crippen LogP contribution in [0.4, 0.5) is 5.69 Å². The third kappa shape index (κ3) is 5.36. The van der Waals surface area contributed by atoms with Crippen LogP contribution in [0, 0.1) is 18.3 Å². The van der Waals surface area contributed by atoms with Crippen LogP contribution < -0.4 is 10.1 Å². The second-order valence-corrected chi connectivity index (χ2v) is 4.84. The van der Waals surface area contributed by atoms with Crippen LogP contribution >= 0.6 is 0 Å². The second kappa shape index (κ2) is 9.11. The Kier molecular flexibility index (Phi) is 7.15. The molecule has 0 heterocycles. The quantitative estimate of drug-likeness (QED) is 0.455. The Balaban J connectivity index is 3.01. The standard InChI is InChI=1S/C18H21N3O2/c1-5-9-21(10-6-2)13-15(12-19)18(22)20-16-11-14(3)7-8-17(16)23-4/h5-8,11,13H,1-2,9-10H2,3-4H3,(H,20,22)/b15-13-. The van der Waals surface area contributed by atoms with Gasteiger partial charge >= 0.3 is 0 Å². The molecule has 0 aliphatic heterocycles. The number of nitrogens with one attached hydrogen (secondary N) is 1. The van der Waals surface area contributed by atoms with Crippen molar-refractivity contribution in [3.05, 3.63) is 60.8 Å². The van der Waals surface area contributed by atoms with E-state index in [2.05, 4.69) is 18.5 Å². The van der Waals surface area contributed by atoms with Gasteiger partial charge in [-0.05, 0) is 24.6 Å². The van der Waals surface area contributed by atoms with Gasteiger partial charge in [0.25, 0.3) is 5.91 Å². The minimum atomic E-state index is -0.491. The van der Waals surface area contributed by atoms with Gasteiger partial charge in [0.2, 0.25) is 0 Å². The minimum absolute atomic E-state index is 0.00254. The van der Waals surface area contributed by atoms with Crippen LogP contribution in [0.5, 0.6) is 5.75 Å². The molecular formula is C18H21N3O2. The van der Waals surface area contributed by atoms with E-state index in [4.69, 9.17) is 4.74 Å². The van der Waals surface area contributed by atoms with E-state index in [0.717, 1.165) is 5.56 Å². The van der Waals surface area contributed by atoms with E-state index in [1.165, 1.54) is 13.3 Å². The summed E-state index contributed by atoms with van der Waals surface area (Å²) in [6.07, 6.45) is 4.88. The summed E-state index contributed by atoms with van der Waals surface area (Å²) in [6.45, 7) is 10.2. The number of carbonyl (C=O) groups is 1. The molecule has 1 aromatic rings. The summed E-state index contributed by atoms with van der Waals surface area (Å²) < 4.78 is 5.22. The molecule has 0 bridgehead atoms. The highest BCUT2D eigenvalue weighted by Crippen LogP contribution is 2.25. The van der Waals surface area contributed by atoms with Crippen molar-refractivity contribution < 1.29 is 9.53 Å². The number of hydrogen-bond acceptors (Lipinski definition) is 4. The third-order valence-electron chi connectivity index (χ3n) is 3.01. The van der Waals surface area contributed by atoms with Crippen LogP contribution in [-0.4, -0.2) is 31.0 Å². The fourth-order valence-corrected chi connectivity index (χ4v) is 1.94. The number of carbonyl (C=O) groups excluding carboxylic acids is 1. The number of nitrogens with zero attached hydrogens (tertiary/aromatic N) is 2. The topological polar surface area (TPSA) is 65.4 Å². The van der Waals surface area contributed by atoms with Crippen molar-refractivity contribution in [2.45, 2.75) is 6.92 Å². The largest absolute Gasteiger partial charge is 0.495 e. The molecule has 0 fully saturated rings. The van der Waals surface area contributed by atoms with Gasteiger partial charge in [0.05, 0.1) is 12.8 Å². The van der Waals surface area contributed by atoms with E-state index in [1.54, 1.807) is 29.2 Å². The zero-order valence-electron chi connectivity index (χ0n) is 13.5. The van der Waals surface area contributed by atoms with Gasteiger partial charge < -0.3 is 15.0 Å². The molecule has 0 saturated heterocycles. The molecule has 0 aliphatic rings. The van der Waals surface area contributed by atoms with E-state index >= 15 is 0 Å². The molecule has 5 heteroatoms. The van der Waals surface area contributed by atoms with Crippen LogP contribution in [0.15, 0.2) is 55.3 Å². The molecule has 1 amide bonds. The summed E-state index contributed by atoms with van der Waals surface area (Å²) in [5.41, 5.74) is 1.50. The van der Waals surface area contributed by atoms with Crippen molar-refractivity contribution in [2.24, 2.45) is 0 Å². The van der Waals surface area contributed by atoms with Crippen LogP contribution in [-0.2, 0) is 4.79 Å². The van der Waals surface area contributed by atoms with Gasteiger partial charge in [-0.1, -0.05) is 18.2 Å². The first-order valence-corrected chi connectivity index (χ1v) is 7.09. The Morgan fingerprint density at radius 3 is 2.57 bits per heavy atom. The lowest BCUT2D eigenvalue weighted by Gasteiger charge is -2.17. The SMILES string of the molecule is C=CCN(/C=C(/C#N)C(=O)Nc1cc(C)ccc1OC)CC=C. The highest BCUT2D eigenvalue weighted by molar-refractivity contribution is 6.07. The molecule has 0 unspecified atom stereocenters. The zero-order chi connectivity index (χ0) is 17.2. The number of anilines is 1. The van der Waals surface area contributed by atoms with Gasteiger partial charge in [-0.3, -0.25) is 4.79 Å². The number of benzene rings is 1. The van der Waals surface area contributed by atoms with E-state index in [0.29, 0.717) is 24.5 Å². The Morgan fingerprint density at radius 2 is 2.04 bits per heavy atom. The van der Waals surface area contributed by atoms with E-state index in [9.17, 15) is 10.1 Å². The Labute approximate surface area is 137 Å². The maximum absolute atomic E-state index is 12.3. The molecule has 0 spiro atoms. The number of nitriles is 1. The molecule has 1 rings (SSSR count). The van der Waals surface area contributed by atoms with Gasteiger partial charge in [0.15, 0.2) is 0 Å². The van der Waals surface area contributed by atoms with Gasteiger partial charge in [0.1, 0.15) is 17.4 Å². The molecule has 0 aromatic heterocycles. The van der Waals surface area contributed by atoms with E-state index in [-0.39, 0.29) is 5.57 Å². The van der Waals surface area contributed by atoms with Crippen molar-refractivity contribution >= 4 is 11.6 Å². The summed E-state index contributed by atoms with van der Waals surface area (Å²) in [7, 11) is 1.53. The van der Waals surface area contributed by atoms with Crippen LogP contribution in [0.3, 0.4) is 0 Å². The molecular weight excluding hydrogens is 290 g/mol. The van der Waals surface area contributed by atoms with Crippen molar-refractivity contribution in [1.82, 2.24) is 4.90 Å². The Morgan fingerprint density at radius 1 is 1.39 bits per heavy atom. The van der Waals surface area contributed by atoms with Gasteiger partial charge in [-0.15, -0.1) is 13.2 Å². The summed E-state index contributed by atoms with van der Waals surface area (Å²) in [5.74, 6) is 0.0461. The number of rotatable bonds is 8. The first-order chi connectivity index (χ1) is 11.0. The van der Waals surface area contributed by atoms with Crippen molar-refractivity contribution in [1.29, 1.82) is 5.26 Å². The maximum atomic E-state index is 12.3. The highest BCUT2D eigenvalue weighted by Gasteiger charge is 2.13. The second-order valence-electron chi connectivity index (χ2n) is 4.84. The van der Waals surface area contributed by atoms with Gasteiger partial charge in [-0.2, -0.15) is 5.26 Å². The molecule has 1 N–H and O–H groups in total. The Hall–Kier alpha value is -3.00. The van der Waals surface area contributed by atoms with E-state index in [1.807, 2.05) is 19.1 Å². The highest BCUT2D eigenvalue weighted by atomic mass is 16.5. The number of methoxy groups -OCH3 is 1. The fourth-order valence-electron chi connectivity index (χ4n) is 1.94. The van der Waals surface area contributed by atoms with Crippen LogP contribution in [0.25, 0.3) is 0 Å². The number of amides is 1. The summed E-state index contributed by atoms with van der Waals surface area (Å²) in [4.78, 5) is 14.1. The third-order valence-corrected chi connectivity index (χ3v) is 3.01. The molecule has 1 aromatic carbocycles. The molecule has 0 saturated carbocycles. The van der Waals surface area contributed by atoms with Gasteiger partial charge in [0, 0.05) is 19.3 Å². The summed E-state index contributed by atoms with van der Waals surface area (Å²) in [5, 5.41) is 12.0. The van der Waals surface area contributed by atoms with Crippen LogP contribution in [0.1, 0.15) is 5.56 Å². The van der Waals surface area contributed by atoms with Crippen molar-refractivity contribution in [3.8, 4) is 11.8 Å². The van der Waals surface area contributed by atoms with Crippen LogP contribution in [0.2, 0.25) is 0 Å². The lowest BCUT2D eigenvalue weighted by atomic mass is 10.2. The normalized spacial score (nSPS) is 10.4. The van der Waals surface area contributed by atoms with Crippen molar-refractivity contribution in [2.75, 3.05) is 25.5 Å². The van der Waals surface area contributed by atoms with Crippen molar-refractivity contribution in [3.63, 3.8) is 0 Å². The zero-order valence-corrected chi connectivity index (χ0v) is 13.5. The first kappa shape index (κ1) is 18.1. The van der Waals surface area contributed by atoms with Gasteiger partial charge in [-0.25, -0.2) is 0 Å². The first-order valence-electron chi connectivity index (χ1n) is 7.09. The lowest BCUT2D eigenvalue weighted by molar-refractivity contribution is -0.112. The molecule has 5 nitrogen and oxygen atoms in total. The fraction of sp³-hybridized carbons (Fsp3) is 0.222. The molecule has 120 valence electrons. The molecule has 0 aliphatic carbocycles. The average Bonchev–Trinajstić information content (AvgIpc) is 2.53. The number of ether oxygens (including phenoxy) is 1. The maximum Gasteiger partial charge on any atom is 0.267 e. The van der Waals surface area contributed by atoms with E-state index < -0.39 is 5.91 Å². The monoisotopic (exact) mass is 311 g/mol.